The summed E-state index contributed by atoms with van der Waals surface area (Å²) in [4.78, 5) is 14.5. The van der Waals surface area contributed by atoms with Gasteiger partial charge in [-0.2, -0.15) is 0 Å². The van der Waals surface area contributed by atoms with E-state index in [2.05, 4.69) is 20.7 Å². The van der Waals surface area contributed by atoms with Crippen molar-refractivity contribution in [3.63, 3.8) is 0 Å². The Labute approximate surface area is 108 Å². The molecule has 0 aliphatic carbocycles. The molecule has 0 amide bonds. The fraction of sp³-hybridized carbons (Fsp3) is 0. The van der Waals surface area contributed by atoms with Gasteiger partial charge < -0.3 is 0 Å². The molecular weight excluding hydrogens is 242 g/mol. The fourth-order valence-electron chi connectivity index (χ4n) is 1.96. The second-order valence-corrected chi connectivity index (χ2v) is 5.00. The molecule has 0 N–H and O–H groups in total. The van der Waals surface area contributed by atoms with E-state index in [0.29, 0.717) is 0 Å². The smallest absolute Gasteiger partial charge is 0.129 e. The maximum Gasteiger partial charge on any atom is 0.129 e. The minimum absolute atomic E-state index is 0.893. The minimum Gasteiger partial charge on any atom is -0.263 e. The van der Waals surface area contributed by atoms with Crippen molar-refractivity contribution in [1.82, 2.24) is 9.97 Å². The van der Waals surface area contributed by atoms with E-state index in [1.165, 1.54) is 0 Å². The van der Waals surface area contributed by atoms with Gasteiger partial charge in [0.05, 0.1) is 15.9 Å². The molecule has 4 heteroatoms. The summed E-state index contributed by atoms with van der Waals surface area (Å²) in [6, 6.07) is 7.91. The molecule has 2 aromatic rings. The van der Waals surface area contributed by atoms with E-state index in [1.807, 2.05) is 30.3 Å². The Morgan fingerprint density at radius 3 is 2.78 bits per heavy atom. The molecule has 4 rings (SSSR count). The van der Waals surface area contributed by atoms with Crippen LogP contribution in [0, 0.1) is 0 Å². The molecule has 2 bridgehead atoms. The van der Waals surface area contributed by atoms with Gasteiger partial charge in [-0.25, -0.2) is 9.97 Å². The summed E-state index contributed by atoms with van der Waals surface area (Å²) in [5.41, 5.74) is 6.97. The van der Waals surface area contributed by atoms with Gasteiger partial charge in [0.2, 0.25) is 0 Å². The molecule has 0 saturated heterocycles. The molecule has 0 fully saturated rings. The van der Waals surface area contributed by atoms with Gasteiger partial charge in [-0.3, -0.25) is 4.99 Å². The minimum atomic E-state index is 0.893. The van der Waals surface area contributed by atoms with Crippen LogP contribution in [-0.2, 0) is 0 Å². The van der Waals surface area contributed by atoms with Gasteiger partial charge in [0.25, 0.3) is 0 Å². The van der Waals surface area contributed by atoms with Crippen LogP contribution in [0.2, 0.25) is 0 Å². The Kier molecular flexibility index (Phi) is 2.00. The number of benzene rings is 1. The van der Waals surface area contributed by atoms with E-state index < -0.39 is 0 Å². The zero-order valence-electron chi connectivity index (χ0n) is 9.29. The average Bonchev–Trinajstić information content (AvgIpc) is 2.60. The number of thioether (sulfide) groups is 1. The van der Waals surface area contributed by atoms with Crippen molar-refractivity contribution in [1.29, 1.82) is 0 Å². The molecule has 1 aromatic heterocycles. The number of allylic oxidation sites excluding steroid dienone is 2. The van der Waals surface area contributed by atoms with Crippen LogP contribution in [-0.4, -0.2) is 16.2 Å². The van der Waals surface area contributed by atoms with Crippen molar-refractivity contribution in [3.8, 4) is 0 Å². The third-order valence-corrected chi connectivity index (χ3v) is 3.68. The first kappa shape index (κ1) is 9.83. The topological polar surface area (TPSA) is 38.1 Å². The van der Waals surface area contributed by atoms with E-state index in [4.69, 9.17) is 0 Å². The molecule has 84 valence electrons. The highest BCUT2D eigenvalue weighted by molar-refractivity contribution is 8.04. The van der Waals surface area contributed by atoms with Crippen molar-refractivity contribution in [2.24, 2.45) is 4.99 Å². The molecule has 3 heterocycles. The van der Waals surface area contributed by atoms with Crippen molar-refractivity contribution in [3.05, 3.63) is 52.9 Å². The quantitative estimate of drug-likeness (QED) is 0.673. The first-order chi connectivity index (χ1) is 8.90. The van der Waals surface area contributed by atoms with Crippen LogP contribution in [0.5, 0.6) is 0 Å². The molecule has 2 aliphatic rings. The van der Waals surface area contributed by atoms with E-state index in [9.17, 15) is 0 Å². The second kappa shape index (κ2) is 3.67. The van der Waals surface area contributed by atoms with Gasteiger partial charge in [-0.05, 0) is 18.2 Å². The number of para-hydroxylation sites is 2. The lowest BCUT2D eigenvalue weighted by Gasteiger charge is -2.11. The molecule has 0 unspecified atom stereocenters. The zero-order valence-corrected chi connectivity index (χ0v) is 10.1. The molecular formula is C14H7N3S. The summed E-state index contributed by atoms with van der Waals surface area (Å²) in [6.45, 7) is 0. The van der Waals surface area contributed by atoms with E-state index >= 15 is 0 Å². The predicted octanol–water partition coefficient (Wildman–Crippen LogP) is 3.20. The molecule has 0 saturated carbocycles. The SMILES string of the molecule is C1=C2C=NC=CC=1c1nc3ccccc3nc1S2. The highest BCUT2D eigenvalue weighted by atomic mass is 32.2. The summed E-state index contributed by atoms with van der Waals surface area (Å²) in [7, 11) is 0. The Morgan fingerprint density at radius 1 is 1.06 bits per heavy atom. The molecule has 3 nitrogen and oxygen atoms in total. The normalized spacial score (nSPS) is 16.0. The molecule has 0 spiro atoms. The summed E-state index contributed by atoms with van der Waals surface area (Å²) >= 11 is 1.56. The monoisotopic (exact) mass is 249 g/mol. The number of hydrogen-bond acceptors (Lipinski definition) is 4. The lowest BCUT2D eigenvalue weighted by Crippen LogP contribution is -1.99. The van der Waals surface area contributed by atoms with Crippen LogP contribution in [0.4, 0.5) is 0 Å². The van der Waals surface area contributed by atoms with Gasteiger partial charge in [0.1, 0.15) is 10.7 Å². The summed E-state index contributed by atoms with van der Waals surface area (Å²) in [5, 5.41) is 0.926. The first-order valence-electron chi connectivity index (χ1n) is 5.56. The van der Waals surface area contributed by atoms with Crippen molar-refractivity contribution >= 4 is 34.6 Å². The third kappa shape index (κ3) is 1.44. The lowest BCUT2D eigenvalue weighted by atomic mass is 10.2. The van der Waals surface area contributed by atoms with E-state index in [1.54, 1.807) is 24.2 Å². The highest BCUT2D eigenvalue weighted by Crippen LogP contribution is 2.36. The van der Waals surface area contributed by atoms with Crippen LogP contribution in [0.3, 0.4) is 0 Å². The van der Waals surface area contributed by atoms with Crippen LogP contribution in [0.1, 0.15) is 5.69 Å². The van der Waals surface area contributed by atoms with E-state index in [-0.39, 0.29) is 0 Å². The fourth-order valence-corrected chi connectivity index (χ4v) is 2.84. The van der Waals surface area contributed by atoms with Crippen molar-refractivity contribution in [2.45, 2.75) is 5.03 Å². The van der Waals surface area contributed by atoms with Gasteiger partial charge in [0, 0.05) is 18.0 Å². The Hall–Kier alpha value is -2.16. The second-order valence-electron chi connectivity index (χ2n) is 3.96. The standard InChI is InChI=1S/C14H7N3S/c1-2-4-12-11(3-1)16-13-9-5-6-15-8-10(7-9)18-14(13)17-12/h1-6,8H. The number of rotatable bonds is 0. The van der Waals surface area contributed by atoms with Crippen molar-refractivity contribution in [2.75, 3.05) is 0 Å². The Morgan fingerprint density at radius 2 is 1.89 bits per heavy atom. The molecule has 18 heavy (non-hydrogen) atoms. The van der Waals surface area contributed by atoms with Gasteiger partial charge in [-0.15, -0.1) is 0 Å². The van der Waals surface area contributed by atoms with Gasteiger partial charge in [0.15, 0.2) is 0 Å². The third-order valence-electron chi connectivity index (χ3n) is 2.78. The highest BCUT2D eigenvalue weighted by Gasteiger charge is 2.18. The molecule has 0 radical (unpaired) electrons. The van der Waals surface area contributed by atoms with E-state index in [0.717, 1.165) is 32.2 Å². The zero-order chi connectivity index (χ0) is 11.9. The van der Waals surface area contributed by atoms with Gasteiger partial charge in [-0.1, -0.05) is 29.6 Å². The maximum absolute atomic E-state index is 4.68. The van der Waals surface area contributed by atoms with Crippen LogP contribution in [0.15, 0.2) is 57.2 Å². The summed E-state index contributed by atoms with van der Waals surface area (Å²) in [5.74, 6) is 0. The number of fused-ring (bicyclic) bond motifs is 3. The maximum atomic E-state index is 4.68. The molecule has 0 atom stereocenters. The predicted molar refractivity (Wildman–Crippen MR) is 73.5 cm³/mol. The lowest BCUT2D eigenvalue weighted by molar-refractivity contribution is 1.09. The number of hydrogen-bond donors (Lipinski definition) is 0. The number of nitrogens with zero attached hydrogens (tertiary/aromatic N) is 3. The Balaban J connectivity index is 2.05. The summed E-state index contributed by atoms with van der Waals surface area (Å²) in [6.07, 6.45) is 5.49. The average molecular weight is 249 g/mol. The van der Waals surface area contributed by atoms with Crippen molar-refractivity contribution < 1.29 is 0 Å². The van der Waals surface area contributed by atoms with Crippen LogP contribution >= 0.6 is 11.8 Å². The number of aromatic nitrogens is 2. The van der Waals surface area contributed by atoms with Crippen LogP contribution in [0.25, 0.3) is 16.6 Å². The number of aliphatic imine (C=N–C) groups is 1. The van der Waals surface area contributed by atoms with Crippen LogP contribution < -0.4 is 0 Å². The van der Waals surface area contributed by atoms with Gasteiger partial charge >= 0.3 is 0 Å². The largest absolute Gasteiger partial charge is 0.263 e. The Bertz CT molecular complexity index is 796. The molecule has 2 aliphatic heterocycles. The summed E-state index contributed by atoms with van der Waals surface area (Å²) < 4.78 is 0. The molecule has 1 aromatic carbocycles. The first-order valence-corrected chi connectivity index (χ1v) is 6.37.